The third-order valence-electron chi connectivity index (χ3n) is 3.08. The number of hydrogen-bond donors (Lipinski definition) is 1. The Kier molecular flexibility index (Phi) is 4.85. The number of ether oxygens (including phenoxy) is 1. The van der Waals surface area contributed by atoms with E-state index in [1.807, 2.05) is 32.0 Å². The summed E-state index contributed by atoms with van der Waals surface area (Å²) in [5, 5.41) is 6.94. The maximum Gasteiger partial charge on any atom is 0.329 e. The fourth-order valence-corrected chi connectivity index (χ4v) is 2.42. The number of hydrogen-bond acceptors (Lipinski definition) is 5. The Labute approximate surface area is 128 Å². The van der Waals surface area contributed by atoms with E-state index in [-0.39, 0.29) is 5.97 Å². The van der Waals surface area contributed by atoms with Crippen molar-refractivity contribution in [1.82, 2.24) is 19.7 Å². The summed E-state index contributed by atoms with van der Waals surface area (Å²) in [4.78, 5) is 16.4. The molecule has 2 aromatic rings. The van der Waals surface area contributed by atoms with Crippen molar-refractivity contribution in [1.29, 1.82) is 0 Å². The number of pyridine rings is 1. The molecular formula is C14H18N4O2S. The number of aromatic amines is 1. The Morgan fingerprint density at radius 1 is 1.48 bits per heavy atom. The van der Waals surface area contributed by atoms with Gasteiger partial charge in [-0.3, -0.25) is 14.6 Å². The van der Waals surface area contributed by atoms with Crippen molar-refractivity contribution in [3.63, 3.8) is 0 Å². The van der Waals surface area contributed by atoms with Gasteiger partial charge in [0, 0.05) is 6.20 Å². The minimum atomic E-state index is -0.516. The van der Waals surface area contributed by atoms with Crippen LogP contribution in [0.2, 0.25) is 0 Å². The monoisotopic (exact) mass is 306 g/mol. The van der Waals surface area contributed by atoms with Crippen LogP contribution in [0.4, 0.5) is 0 Å². The van der Waals surface area contributed by atoms with Crippen LogP contribution in [0, 0.1) is 10.7 Å². The number of esters is 1. The summed E-state index contributed by atoms with van der Waals surface area (Å²) in [6.07, 6.45) is 2.29. The highest BCUT2D eigenvalue weighted by Gasteiger charge is 2.27. The number of nitrogens with one attached hydrogen (secondary N) is 1. The zero-order chi connectivity index (χ0) is 15.4. The van der Waals surface area contributed by atoms with E-state index in [4.69, 9.17) is 17.0 Å². The molecule has 7 heteroatoms. The summed E-state index contributed by atoms with van der Waals surface area (Å²) in [6.45, 7) is 4.08. The molecule has 2 heterocycles. The normalized spacial score (nSPS) is 12.4. The number of methoxy groups -OCH3 is 1. The van der Waals surface area contributed by atoms with Gasteiger partial charge in [-0.25, -0.2) is 4.79 Å². The maximum absolute atomic E-state index is 12.1. The fourth-order valence-electron chi connectivity index (χ4n) is 2.16. The molecule has 0 aliphatic carbocycles. The van der Waals surface area contributed by atoms with Crippen LogP contribution in [0.15, 0.2) is 24.4 Å². The van der Waals surface area contributed by atoms with Crippen molar-refractivity contribution in [3.05, 3.63) is 29.2 Å². The molecule has 0 fully saturated rings. The molecule has 2 rings (SSSR count). The van der Waals surface area contributed by atoms with Crippen LogP contribution in [0.3, 0.4) is 0 Å². The summed E-state index contributed by atoms with van der Waals surface area (Å²) in [5.41, 5.74) is 0.655. The Hall–Kier alpha value is -2.02. The number of rotatable bonds is 5. The predicted octanol–water partition coefficient (Wildman–Crippen LogP) is 2.76. The van der Waals surface area contributed by atoms with Crippen LogP contribution >= 0.6 is 12.2 Å². The van der Waals surface area contributed by atoms with Crippen LogP contribution < -0.4 is 0 Å². The molecule has 2 aromatic heterocycles. The molecule has 0 bridgehead atoms. The van der Waals surface area contributed by atoms with Gasteiger partial charge in [0.25, 0.3) is 0 Å². The van der Waals surface area contributed by atoms with Gasteiger partial charge in [0.2, 0.25) is 0 Å². The molecule has 21 heavy (non-hydrogen) atoms. The second-order valence-corrected chi connectivity index (χ2v) is 5.49. The Bertz CT molecular complexity index is 663. The number of nitrogens with zero attached hydrogens (tertiary/aromatic N) is 3. The van der Waals surface area contributed by atoms with E-state index in [1.165, 1.54) is 7.11 Å². The Balaban J connectivity index is 2.53. The predicted molar refractivity (Wildman–Crippen MR) is 81.2 cm³/mol. The standard InChI is InChI=1S/C14H18N4O2S/c1-9(2)8-11(13(19)20-3)18-12(16-17-14(18)21)10-6-4-5-7-15-10/h4-7,9,11H,8H2,1-3H3,(H,17,21). The highest BCUT2D eigenvalue weighted by Crippen LogP contribution is 2.25. The van der Waals surface area contributed by atoms with Gasteiger partial charge in [-0.05, 0) is 36.7 Å². The lowest BCUT2D eigenvalue weighted by atomic mass is 10.0. The first-order chi connectivity index (χ1) is 10.0. The minimum absolute atomic E-state index is 0.308. The number of aromatic nitrogens is 4. The molecule has 0 saturated heterocycles. The summed E-state index contributed by atoms with van der Waals surface area (Å²) >= 11 is 5.28. The smallest absolute Gasteiger partial charge is 0.329 e. The number of carbonyl (C=O) groups excluding carboxylic acids is 1. The average molecular weight is 306 g/mol. The third-order valence-corrected chi connectivity index (χ3v) is 3.37. The molecule has 0 radical (unpaired) electrons. The van der Waals surface area contributed by atoms with E-state index in [2.05, 4.69) is 15.2 Å². The molecule has 0 aliphatic rings. The van der Waals surface area contributed by atoms with Gasteiger partial charge in [-0.15, -0.1) is 0 Å². The first kappa shape index (κ1) is 15.4. The Morgan fingerprint density at radius 2 is 2.24 bits per heavy atom. The zero-order valence-corrected chi connectivity index (χ0v) is 13.1. The van der Waals surface area contributed by atoms with Crippen LogP contribution in [0.25, 0.3) is 11.5 Å². The van der Waals surface area contributed by atoms with Crippen molar-refractivity contribution >= 4 is 18.2 Å². The molecule has 0 aromatic carbocycles. The lowest BCUT2D eigenvalue weighted by Crippen LogP contribution is -2.23. The van der Waals surface area contributed by atoms with E-state index < -0.39 is 6.04 Å². The second kappa shape index (κ2) is 6.62. The number of H-pyrrole nitrogens is 1. The highest BCUT2D eigenvalue weighted by atomic mass is 32.1. The van der Waals surface area contributed by atoms with Crippen LogP contribution in [-0.2, 0) is 9.53 Å². The van der Waals surface area contributed by atoms with Gasteiger partial charge in [-0.2, -0.15) is 5.10 Å². The van der Waals surface area contributed by atoms with Crippen molar-refractivity contribution in [2.45, 2.75) is 26.3 Å². The SMILES string of the molecule is COC(=O)C(CC(C)C)n1c(-c2ccccn2)n[nH]c1=S. The van der Waals surface area contributed by atoms with Crippen LogP contribution in [0.1, 0.15) is 26.3 Å². The van der Waals surface area contributed by atoms with Crippen molar-refractivity contribution in [2.24, 2.45) is 5.92 Å². The molecule has 0 amide bonds. The van der Waals surface area contributed by atoms with E-state index >= 15 is 0 Å². The molecule has 1 unspecified atom stereocenters. The molecule has 0 spiro atoms. The van der Waals surface area contributed by atoms with Crippen LogP contribution in [0.5, 0.6) is 0 Å². The lowest BCUT2D eigenvalue weighted by molar-refractivity contribution is -0.145. The van der Waals surface area contributed by atoms with E-state index in [0.717, 1.165) is 0 Å². The summed E-state index contributed by atoms with van der Waals surface area (Å²) in [7, 11) is 1.37. The van der Waals surface area contributed by atoms with Crippen molar-refractivity contribution in [2.75, 3.05) is 7.11 Å². The topological polar surface area (TPSA) is 72.8 Å². The fraction of sp³-hybridized carbons (Fsp3) is 0.429. The van der Waals surface area contributed by atoms with E-state index in [1.54, 1.807) is 10.8 Å². The first-order valence-corrected chi connectivity index (χ1v) is 7.11. The van der Waals surface area contributed by atoms with Crippen molar-refractivity contribution < 1.29 is 9.53 Å². The summed E-state index contributed by atoms with van der Waals surface area (Å²) in [5.74, 6) is 0.512. The maximum atomic E-state index is 12.1. The summed E-state index contributed by atoms with van der Waals surface area (Å²) in [6, 6.07) is 4.99. The van der Waals surface area contributed by atoms with Crippen LogP contribution in [-0.4, -0.2) is 32.8 Å². The molecule has 6 nitrogen and oxygen atoms in total. The molecule has 1 atom stereocenters. The number of carbonyl (C=O) groups is 1. The second-order valence-electron chi connectivity index (χ2n) is 5.11. The van der Waals surface area contributed by atoms with Gasteiger partial charge >= 0.3 is 5.97 Å². The highest BCUT2D eigenvalue weighted by molar-refractivity contribution is 7.71. The lowest BCUT2D eigenvalue weighted by Gasteiger charge is -2.19. The van der Waals surface area contributed by atoms with Gasteiger partial charge in [-0.1, -0.05) is 19.9 Å². The Morgan fingerprint density at radius 3 is 2.81 bits per heavy atom. The van der Waals surface area contributed by atoms with Gasteiger partial charge in [0.05, 0.1) is 7.11 Å². The van der Waals surface area contributed by atoms with E-state index in [9.17, 15) is 4.79 Å². The molecule has 112 valence electrons. The molecule has 1 N–H and O–H groups in total. The largest absolute Gasteiger partial charge is 0.467 e. The van der Waals surface area contributed by atoms with Crippen molar-refractivity contribution in [3.8, 4) is 11.5 Å². The first-order valence-electron chi connectivity index (χ1n) is 6.70. The summed E-state index contributed by atoms with van der Waals surface area (Å²) < 4.78 is 6.98. The van der Waals surface area contributed by atoms with Gasteiger partial charge < -0.3 is 4.74 Å². The van der Waals surface area contributed by atoms with Gasteiger partial charge in [0.15, 0.2) is 10.6 Å². The molecule has 0 aliphatic heterocycles. The quantitative estimate of drug-likeness (QED) is 0.679. The third kappa shape index (κ3) is 3.36. The zero-order valence-electron chi connectivity index (χ0n) is 12.2. The molecule has 0 saturated carbocycles. The minimum Gasteiger partial charge on any atom is -0.467 e. The van der Waals surface area contributed by atoms with Gasteiger partial charge in [0.1, 0.15) is 11.7 Å². The molecular weight excluding hydrogens is 288 g/mol. The average Bonchev–Trinajstić information content (AvgIpc) is 2.86. The van der Waals surface area contributed by atoms with E-state index in [0.29, 0.717) is 28.6 Å².